The Bertz CT molecular complexity index is 483. The fourth-order valence-electron chi connectivity index (χ4n) is 1.88. The van der Waals surface area contributed by atoms with Gasteiger partial charge in [-0.05, 0) is 12.5 Å². The summed E-state index contributed by atoms with van der Waals surface area (Å²) >= 11 is 5.93. The number of rotatable bonds is 1. The number of hydrogen-bond acceptors (Lipinski definition) is 3. The molecule has 2 rings (SSSR count). The molecular weight excluding hydrogens is 236 g/mol. The van der Waals surface area contributed by atoms with E-state index in [1.165, 1.54) is 0 Å². The fraction of sp³-hybridized carbons (Fsp3) is 0.400. The summed E-state index contributed by atoms with van der Waals surface area (Å²) in [6, 6.07) is 6.81. The van der Waals surface area contributed by atoms with Crippen LogP contribution in [0.1, 0.15) is 12.0 Å². The number of halogens is 1. The smallest absolute Gasteiger partial charge is 0.153 e. The van der Waals surface area contributed by atoms with Crippen molar-refractivity contribution in [3.8, 4) is 0 Å². The van der Waals surface area contributed by atoms with Gasteiger partial charge in [-0.2, -0.15) is 0 Å². The highest BCUT2D eigenvalue weighted by Crippen LogP contribution is 2.36. The topological polar surface area (TPSA) is 54.4 Å². The molecule has 5 heteroatoms. The molecule has 3 nitrogen and oxygen atoms in total. The average molecular weight is 247 g/mol. The van der Waals surface area contributed by atoms with Crippen LogP contribution in [0.3, 0.4) is 0 Å². The zero-order valence-electron chi connectivity index (χ0n) is 7.98. The maximum atomic E-state index is 11.3. The van der Waals surface area contributed by atoms with Gasteiger partial charge in [0.1, 0.15) is 5.60 Å². The monoisotopic (exact) mass is 246 g/mol. The third-order valence-electron chi connectivity index (χ3n) is 2.66. The number of benzene rings is 1. The van der Waals surface area contributed by atoms with E-state index in [2.05, 4.69) is 0 Å². The van der Waals surface area contributed by atoms with Crippen molar-refractivity contribution >= 4 is 21.4 Å². The van der Waals surface area contributed by atoms with Crippen LogP contribution in [0.15, 0.2) is 24.3 Å². The third kappa shape index (κ3) is 2.02. The molecule has 0 aromatic heterocycles. The number of aliphatic hydroxyl groups is 1. The first-order valence-electron chi connectivity index (χ1n) is 4.61. The molecule has 1 saturated heterocycles. The average Bonchev–Trinajstić information content (AvgIpc) is 2.42. The molecule has 1 unspecified atom stereocenters. The third-order valence-corrected chi connectivity index (χ3v) is 4.73. The lowest BCUT2D eigenvalue weighted by molar-refractivity contribution is 0.0654. The van der Waals surface area contributed by atoms with Crippen molar-refractivity contribution in [2.75, 3.05) is 11.5 Å². The van der Waals surface area contributed by atoms with Gasteiger partial charge in [-0.1, -0.05) is 29.8 Å². The summed E-state index contributed by atoms with van der Waals surface area (Å²) < 4.78 is 22.7. The van der Waals surface area contributed by atoms with Gasteiger partial charge in [0.25, 0.3) is 0 Å². The van der Waals surface area contributed by atoms with E-state index in [4.69, 9.17) is 11.6 Å². The molecule has 1 aliphatic rings. The lowest BCUT2D eigenvalue weighted by Gasteiger charge is -2.22. The van der Waals surface area contributed by atoms with Gasteiger partial charge in [0, 0.05) is 10.6 Å². The Morgan fingerprint density at radius 1 is 1.33 bits per heavy atom. The summed E-state index contributed by atoms with van der Waals surface area (Å²) in [5.41, 5.74) is -0.801. The Kier molecular flexibility index (Phi) is 2.53. The van der Waals surface area contributed by atoms with E-state index in [0.29, 0.717) is 10.6 Å². The summed E-state index contributed by atoms with van der Waals surface area (Å²) in [5, 5.41) is 10.6. The second-order valence-corrected chi connectivity index (χ2v) is 6.44. The first-order valence-corrected chi connectivity index (χ1v) is 6.81. The second kappa shape index (κ2) is 3.47. The fourth-order valence-corrected chi connectivity index (χ4v) is 4.02. The lowest BCUT2D eigenvalue weighted by Crippen LogP contribution is -2.27. The van der Waals surface area contributed by atoms with Crippen LogP contribution in [0.4, 0.5) is 0 Å². The summed E-state index contributed by atoms with van der Waals surface area (Å²) in [6.07, 6.45) is 0.221. The summed E-state index contributed by atoms with van der Waals surface area (Å²) in [5.74, 6) is -0.210. The molecule has 82 valence electrons. The molecule has 0 bridgehead atoms. The van der Waals surface area contributed by atoms with Crippen LogP contribution >= 0.6 is 11.6 Å². The van der Waals surface area contributed by atoms with Crippen LogP contribution in [0.2, 0.25) is 5.02 Å². The summed E-state index contributed by atoms with van der Waals surface area (Å²) in [4.78, 5) is 0. The van der Waals surface area contributed by atoms with Crippen LogP contribution < -0.4 is 0 Å². The molecule has 1 N–H and O–H groups in total. The second-order valence-electron chi connectivity index (χ2n) is 3.85. The van der Waals surface area contributed by atoms with Gasteiger partial charge in [0.15, 0.2) is 9.84 Å². The Morgan fingerprint density at radius 2 is 2.00 bits per heavy atom. The maximum Gasteiger partial charge on any atom is 0.153 e. The van der Waals surface area contributed by atoms with Crippen molar-refractivity contribution in [3.05, 3.63) is 34.9 Å². The Morgan fingerprint density at radius 3 is 2.53 bits per heavy atom. The molecule has 0 saturated carbocycles. The van der Waals surface area contributed by atoms with Gasteiger partial charge in [-0.15, -0.1) is 0 Å². The van der Waals surface area contributed by atoms with Crippen molar-refractivity contribution in [3.63, 3.8) is 0 Å². The molecule has 1 aromatic rings. The molecule has 0 radical (unpaired) electrons. The minimum absolute atomic E-state index is 0.0225. The summed E-state index contributed by atoms with van der Waals surface area (Å²) in [7, 11) is -3.13. The zero-order chi connectivity index (χ0) is 11.1. The van der Waals surface area contributed by atoms with Crippen LogP contribution in [-0.4, -0.2) is 25.0 Å². The van der Waals surface area contributed by atoms with E-state index in [1.807, 2.05) is 0 Å². The van der Waals surface area contributed by atoms with Gasteiger partial charge >= 0.3 is 0 Å². The van der Waals surface area contributed by atoms with Crippen LogP contribution in [0.25, 0.3) is 0 Å². The highest BCUT2D eigenvalue weighted by atomic mass is 35.5. The molecule has 1 atom stereocenters. The van der Waals surface area contributed by atoms with Crippen LogP contribution in [0.5, 0.6) is 0 Å². The largest absolute Gasteiger partial charge is 0.384 e. The van der Waals surface area contributed by atoms with Gasteiger partial charge in [-0.3, -0.25) is 0 Å². The molecule has 1 aromatic carbocycles. The van der Waals surface area contributed by atoms with Crippen molar-refractivity contribution in [1.29, 1.82) is 0 Å². The normalized spacial score (nSPS) is 29.2. The molecule has 0 amide bonds. The standard InChI is InChI=1S/C10H11ClO3S/c11-9-4-2-1-3-8(9)10(12)5-6-15(13,14)7-10/h1-4,12H,5-7H2. The minimum Gasteiger partial charge on any atom is -0.384 e. The van der Waals surface area contributed by atoms with Gasteiger partial charge in [0.05, 0.1) is 11.5 Å². The van der Waals surface area contributed by atoms with Gasteiger partial charge in [0.2, 0.25) is 0 Å². The van der Waals surface area contributed by atoms with E-state index < -0.39 is 15.4 Å². The van der Waals surface area contributed by atoms with Crippen molar-refractivity contribution < 1.29 is 13.5 Å². The molecule has 1 fully saturated rings. The van der Waals surface area contributed by atoms with Crippen molar-refractivity contribution in [2.45, 2.75) is 12.0 Å². The van der Waals surface area contributed by atoms with Crippen molar-refractivity contribution in [2.24, 2.45) is 0 Å². The highest BCUT2D eigenvalue weighted by Gasteiger charge is 2.42. The first kappa shape index (κ1) is 10.9. The van der Waals surface area contributed by atoms with E-state index in [0.717, 1.165) is 0 Å². The minimum atomic E-state index is -3.13. The van der Waals surface area contributed by atoms with E-state index >= 15 is 0 Å². The molecule has 1 aliphatic heterocycles. The molecule has 1 heterocycles. The van der Waals surface area contributed by atoms with Crippen LogP contribution in [0, 0.1) is 0 Å². The van der Waals surface area contributed by atoms with Crippen molar-refractivity contribution in [1.82, 2.24) is 0 Å². The molecule has 15 heavy (non-hydrogen) atoms. The zero-order valence-corrected chi connectivity index (χ0v) is 9.55. The van der Waals surface area contributed by atoms with Crippen LogP contribution in [-0.2, 0) is 15.4 Å². The van der Waals surface area contributed by atoms with E-state index in [9.17, 15) is 13.5 Å². The van der Waals surface area contributed by atoms with E-state index in [1.54, 1.807) is 24.3 Å². The quantitative estimate of drug-likeness (QED) is 0.814. The Labute approximate surface area is 93.6 Å². The molecule has 0 aliphatic carbocycles. The molecular formula is C10H11ClO3S. The predicted molar refractivity (Wildman–Crippen MR) is 58.6 cm³/mol. The SMILES string of the molecule is O=S1(=O)CCC(O)(c2ccccc2Cl)C1. The summed E-state index contributed by atoms with van der Waals surface area (Å²) in [6.45, 7) is 0. The van der Waals surface area contributed by atoms with Gasteiger partial charge in [-0.25, -0.2) is 8.42 Å². The predicted octanol–water partition coefficient (Wildman–Crippen LogP) is 1.35. The Balaban J connectivity index is 2.44. The molecule has 0 spiro atoms. The maximum absolute atomic E-state index is 11.3. The highest BCUT2D eigenvalue weighted by molar-refractivity contribution is 7.91. The van der Waals surface area contributed by atoms with Gasteiger partial charge < -0.3 is 5.11 Å². The number of sulfone groups is 1. The first-order chi connectivity index (χ1) is 6.93. The lowest BCUT2D eigenvalue weighted by atomic mass is 9.93. The Hall–Kier alpha value is -0.580. The van der Waals surface area contributed by atoms with E-state index in [-0.39, 0.29) is 17.9 Å². The number of hydrogen-bond donors (Lipinski definition) is 1.